The molecule has 0 aliphatic carbocycles. The number of nitrogens with one attached hydrogen (secondary N) is 1. The number of hydrogen-bond donors (Lipinski definition) is 1. The number of benzene rings is 1. The molecule has 0 aliphatic heterocycles. The molecule has 0 spiro atoms. The van der Waals surface area contributed by atoms with E-state index < -0.39 is 0 Å². The Bertz CT molecular complexity index is 313. The van der Waals surface area contributed by atoms with Gasteiger partial charge in [0.05, 0.1) is 0 Å². The molecule has 1 unspecified atom stereocenters. The van der Waals surface area contributed by atoms with Gasteiger partial charge >= 0.3 is 0 Å². The average molecular weight is 269 g/mol. The molecule has 0 saturated carbocycles. The quantitative estimate of drug-likeness (QED) is 0.685. The summed E-state index contributed by atoms with van der Waals surface area (Å²) in [5.74, 6) is 2.95. The third kappa shape index (κ3) is 6.41. The summed E-state index contributed by atoms with van der Waals surface area (Å²) in [4.78, 5) is 0. The lowest BCUT2D eigenvalue weighted by atomic mass is 9.95. The van der Waals surface area contributed by atoms with Crippen LogP contribution < -0.4 is 5.32 Å². The van der Waals surface area contributed by atoms with Gasteiger partial charge < -0.3 is 5.32 Å². The number of rotatable bonds is 9. The van der Waals surface area contributed by atoms with Crippen molar-refractivity contribution in [1.29, 1.82) is 0 Å². The van der Waals surface area contributed by atoms with Crippen LogP contribution in [0.15, 0.2) is 24.3 Å². The van der Waals surface area contributed by atoms with Gasteiger partial charge in [-0.25, -0.2) is 4.39 Å². The van der Waals surface area contributed by atoms with Gasteiger partial charge in [0.2, 0.25) is 0 Å². The summed E-state index contributed by atoms with van der Waals surface area (Å²) in [6, 6.07) is 6.91. The van der Waals surface area contributed by atoms with Gasteiger partial charge in [-0.05, 0) is 68.0 Å². The molecule has 1 aromatic carbocycles. The van der Waals surface area contributed by atoms with Crippen molar-refractivity contribution >= 4 is 11.8 Å². The summed E-state index contributed by atoms with van der Waals surface area (Å²) in [7, 11) is 2.00. The molecule has 1 nitrogen and oxygen atoms in total. The van der Waals surface area contributed by atoms with E-state index in [1.165, 1.54) is 29.9 Å². The van der Waals surface area contributed by atoms with E-state index in [1.54, 1.807) is 12.1 Å². The van der Waals surface area contributed by atoms with Crippen LogP contribution in [0.25, 0.3) is 0 Å². The standard InChI is InChI=1S/C15H24FNS/c1-3-18-10-4-5-14(12-17-2)11-13-6-8-15(16)9-7-13/h6-9,14,17H,3-5,10-12H2,1-2H3. The molecule has 0 radical (unpaired) electrons. The summed E-state index contributed by atoms with van der Waals surface area (Å²) in [6.45, 7) is 3.24. The molecule has 0 fully saturated rings. The third-order valence-corrected chi connectivity index (χ3v) is 4.02. The Morgan fingerprint density at radius 2 is 2.00 bits per heavy atom. The summed E-state index contributed by atoms with van der Waals surface area (Å²) in [5.41, 5.74) is 1.24. The average Bonchev–Trinajstić information content (AvgIpc) is 2.37. The molecule has 0 aliphatic rings. The van der Waals surface area contributed by atoms with E-state index >= 15 is 0 Å². The monoisotopic (exact) mass is 269 g/mol. The number of thioether (sulfide) groups is 1. The molecule has 1 atom stereocenters. The van der Waals surface area contributed by atoms with Crippen molar-refractivity contribution in [2.24, 2.45) is 5.92 Å². The molecule has 0 aromatic heterocycles. The maximum absolute atomic E-state index is 12.8. The van der Waals surface area contributed by atoms with Crippen LogP contribution in [0.4, 0.5) is 4.39 Å². The van der Waals surface area contributed by atoms with Gasteiger partial charge in [0.1, 0.15) is 5.82 Å². The zero-order chi connectivity index (χ0) is 13.2. The summed E-state index contributed by atoms with van der Waals surface area (Å²) < 4.78 is 12.8. The van der Waals surface area contributed by atoms with Gasteiger partial charge in [-0.2, -0.15) is 11.8 Å². The van der Waals surface area contributed by atoms with Gasteiger partial charge in [-0.3, -0.25) is 0 Å². The van der Waals surface area contributed by atoms with Gasteiger partial charge in [0.15, 0.2) is 0 Å². The van der Waals surface area contributed by atoms with Gasteiger partial charge in [-0.15, -0.1) is 0 Å². The van der Waals surface area contributed by atoms with Gasteiger partial charge in [0.25, 0.3) is 0 Å². The zero-order valence-corrected chi connectivity index (χ0v) is 12.2. The van der Waals surface area contributed by atoms with Crippen LogP contribution in [-0.4, -0.2) is 25.1 Å². The Morgan fingerprint density at radius 3 is 2.61 bits per heavy atom. The first-order valence-corrected chi connectivity index (χ1v) is 7.88. The Hall–Kier alpha value is -0.540. The number of hydrogen-bond acceptors (Lipinski definition) is 2. The molecule has 0 heterocycles. The molecule has 1 aromatic rings. The third-order valence-electron chi connectivity index (χ3n) is 3.04. The molecule has 3 heteroatoms. The van der Waals surface area contributed by atoms with E-state index in [0.29, 0.717) is 5.92 Å². The highest BCUT2D eigenvalue weighted by atomic mass is 32.2. The summed E-state index contributed by atoms with van der Waals surface area (Å²) in [5, 5.41) is 3.26. The second-order valence-electron chi connectivity index (χ2n) is 4.59. The van der Waals surface area contributed by atoms with E-state index in [-0.39, 0.29) is 5.82 Å². The van der Waals surface area contributed by atoms with Crippen molar-refractivity contribution in [2.45, 2.75) is 26.2 Å². The smallest absolute Gasteiger partial charge is 0.123 e. The predicted octanol–water partition coefficient (Wildman–Crippen LogP) is 3.74. The molecule has 0 saturated heterocycles. The van der Waals surface area contributed by atoms with Crippen molar-refractivity contribution in [3.05, 3.63) is 35.6 Å². The predicted molar refractivity (Wildman–Crippen MR) is 79.8 cm³/mol. The maximum Gasteiger partial charge on any atom is 0.123 e. The molecule has 1 N–H and O–H groups in total. The van der Waals surface area contributed by atoms with Crippen molar-refractivity contribution in [2.75, 3.05) is 25.1 Å². The van der Waals surface area contributed by atoms with Crippen molar-refractivity contribution < 1.29 is 4.39 Å². The first-order chi connectivity index (χ1) is 8.76. The molecule has 102 valence electrons. The number of halogens is 1. The summed E-state index contributed by atoms with van der Waals surface area (Å²) in [6.07, 6.45) is 3.55. The minimum atomic E-state index is -0.150. The van der Waals surface area contributed by atoms with E-state index in [9.17, 15) is 4.39 Å². The fourth-order valence-electron chi connectivity index (χ4n) is 2.14. The van der Waals surface area contributed by atoms with Crippen LogP contribution in [0.2, 0.25) is 0 Å². The van der Waals surface area contributed by atoms with E-state index in [2.05, 4.69) is 12.2 Å². The van der Waals surface area contributed by atoms with E-state index in [1.807, 2.05) is 30.9 Å². The topological polar surface area (TPSA) is 12.0 Å². The normalized spacial score (nSPS) is 12.6. The Kier molecular flexibility index (Phi) is 8.10. The Morgan fingerprint density at radius 1 is 1.28 bits per heavy atom. The van der Waals surface area contributed by atoms with Crippen molar-refractivity contribution in [3.8, 4) is 0 Å². The lowest BCUT2D eigenvalue weighted by molar-refractivity contribution is 0.457. The molecule has 0 amide bonds. The maximum atomic E-state index is 12.8. The highest BCUT2D eigenvalue weighted by molar-refractivity contribution is 7.99. The highest BCUT2D eigenvalue weighted by Crippen LogP contribution is 2.16. The van der Waals surface area contributed by atoms with E-state index in [4.69, 9.17) is 0 Å². The van der Waals surface area contributed by atoms with Gasteiger partial charge in [0, 0.05) is 0 Å². The van der Waals surface area contributed by atoms with Gasteiger partial charge in [-0.1, -0.05) is 19.1 Å². The van der Waals surface area contributed by atoms with Crippen LogP contribution >= 0.6 is 11.8 Å². The van der Waals surface area contributed by atoms with Crippen molar-refractivity contribution in [3.63, 3.8) is 0 Å². The van der Waals surface area contributed by atoms with Crippen LogP contribution in [0.5, 0.6) is 0 Å². The fraction of sp³-hybridized carbons (Fsp3) is 0.600. The second-order valence-corrected chi connectivity index (χ2v) is 5.99. The SMILES string of the molecule is CCSCCCC(CNC)Cc1ccc(F)cc1. The molecular formula is C15H24FNS. The van der Waals surface area contributed by atoms with Crippen LogP contribution in [0.3, 0.4) is 0 Å². The lowest BCUT2D eigenvalue weighted by Gasteiger charge is -2.16. The first-order valence-electron chi connectivity index (χ1n) is 6.73. The lowest BCUT2D eigenvalue weighted by Crippen LogP contribution is -2.21. The first kappa shape index (κ1) is 15.5. The fourth-order valence-corrected chi connectivity index (χ4v) is 2.80. The van der Waals surface area contributed by atoms with Crippen LogP contribution in [-0.2, 0) is 6.42 Å². The molecule has 18 heavy (non-hydrogen) atoms. The highest BCUT2D eigenvalue weighted by Gasteiger charge is 2.08. The summed E-state index contributed by atoms with van der Waals surface area (Å²) >= 11 is 2.01. The van der Waals surface area contributed by atoms with E-state index in [0.717, 1.165) is 13.0 Å². The molecule has 0 bridgehead atoms. The Labute approximate surface area is 115 Å². The van der Waals surface area contributed by atoms with Crippen LogP contribution in [0.1, 0.15) is 25.3 Å². The largest absolute Gasteiger partial charge is 0.319 e. The van der Waals surface area contributed by atoms with Crippen LogP contribution in [0, 0.1) is 11.7 Å². The van der Waals surface area contributed by atoms with Crippen molar-refractivity contribution in [1.82, 2.24) is 5.32 Å². The second kappa shape index (κ2) is 9.40. The minimum absolute atomic E-state index is 0.150. The zero-order valence-electron chi connectivity index (χ0n) is 11.4. The minimum Gasteiger partial charge on any atom is -0.319 e. The Balaban J connectivity index is 2.38. The molecule has 1 rings (SSSR count). The molecular weight excluding hydrogens is 245 g/mol.